The van der Waals surface area contributed by atoms with Crippen molar-refractivity contribution < 1.29 is 14.4 Å². The molecule has 1 aliphatic heterocycles. The molecular weight excluding hydrogens is 244 g/mol. The molecule has 1 heterocycles. The van der Waals surface area contributed by atoms with Gasteiger partial charge < -0.3 is 5.32 Å². The molecule has 0 spiro atoms. The number of hydrogen-bond donors (Lipinski definition) is 1. The Bertz CT molecular complexity index is 389. The highest BCUT2D eigenvalue weighted by Gasteiger charge is 2.32. The first kappa shape index (κ1) is 15.6. The summed E-state index contributed by atoms with van der Waals surface area (Å²) < 4.78 is 0. The Hall–Kier alpha value is -1.49. The molecule has 1 unspecified atom stereocenters. The van der Waals surface area contributed by atoms with Crippen LogP contribution in [0.15, 0.2) is 12.2 Å². The fourth-order valence-corrected chi connectivity index (χ4v) is 2.19. The average Bonchev–Trinajstić information content (AvgIpc) is 2.55. The van der Waals surface area contributed by atoms with Crippen molar-refractivity contribution in [1.29, 1.82) is 0 Å². The van der Waals surface area contributed by atoms with Gasteiger partial charge in [-0.2, -0.15) is 0 Å². The van der Waals surface area contributed by atoms with Crippen LogP contribution in [0, 0.1) is 5.41 Å². The summed E-state index contributed by atoms with van der Waals surface area (Å²) in [5.74, 6) is -0.608. The molecule has 0 aromatic rings. The topological polar surface area (TPSA) is 66.5 Å². The highest BCUT2D eigenvalue weighted by Crippen LogP contribution is 2.21. The molecule has 1 aliphatic rings. The lowest BCUT2D eigenvalue weighted by Gasteiger charge is -2.26. The van der Waals surface area contributed by atoms with E-state index in [1.54, 1.807) is 7.05 Å². The third-order valence-electron chi connectivity index (χ3n) is 2.84. The molecule has 5 heteroatoms. The van der Waals surface area contributed by atoms with E-state index in [1.165, 1.54) is 12.2 Å². The van der Waals surface area contributed by atoms with Crippen molar-refractivity contribution in [3.8, 4) is 0 Å². The SMILES string of the molecule is CNCC(CC(=O)CC(C)(C)C)N1C(=O)C=CC1=O. The third kappa shape index (κ3) is 4.59. The number of carbonyl (C=O) groups excluding carboxylic acids is 3. The van der Waals surface area contributed by atoms with Gasteiger partial charge in [0.15, 0.2) is 0 Å². The van der Waals surface area contributed by atoms with Crippen molar-refractivity contribution in [3.05, 3.63) is 12.2 Å². The molecule has 0 saturated heterocycles. The van der Waals surface area contributed by atoms with E-state index >= 15 is 0 Å². The summed E-state index contributed by atoms with van der Waals surface area (Å²) in [5, 5.41) is 2.93. The fourth-order valence-electron chi connectivity index (χ4n) is 2.19. The van der Waals surface area contributed by atoms with E-state index in [-0.39, 0.29) is 29.4 Å². The maximum absolute atomic E-state index is 12.0. The minimum atomic E-state index is -0.408. The standard InChI is InChI=1S/C14H22N2O3/c1-14(2,3)8-11(17)7-10(9-15-4)16-12(18)5-6-13(16)19/h5-6,10,15H,7-9H2,1-4H3. The van der Waals surface area contributed by atoms with E-state index < -0.39 is 6.04 Å². The maximum Gasteiger partial charge on any atom is 0.253 e. The number of carbonyl (C=O) groups is 3. The molecule has 0 saturated carbocycles. The van der Waals surface area contributed by atoms with Crippen molar-refractivity contribution >= 4 is 17.6 Å². The highest BCUT2D eigenvalue weighted by atomic mass is 16.2. The third-order valence-corrected chi connectivity index (χ3v) is 2.84. The Labute approximate surface area is 114 Å². The first-order valence-electron chi connectivity index (χ1n) is 6.46. The van der Waals surface area contributed by atoms with Crippen molar-refractivity contribution in [2.45, 2.75) is 39.7 Å². The number of amides is 2. The van der Waals surface area contributed by atoms with Crippen LogP contribution in [0.25, 0.3) is 0 Å². The zero-order valence-electron chi connectivity index (χ0n) is 12.0. The van der Waals surface area contributed by atoms with Gasteiger partial charge in [-0.15, -0.1) is 0 Å². The predicted octanol–water partition coefficient (Wildman–Crippen LogP) is 0.895. The first-order chi connectivity index (χ1) is 8.74. The van der Waals surface area contributed by atoms with Gasteiger partial charge in [0.05, 0.1) is 6.04 Å². The van der Waals surface area contributed by atoms with E-state index in [1.807, 2.05) is 20.8 Å². The second-order valence-corrected chi connectivity index (χ2v) is 6.07. The summed E-state index contributed by atoms with van der Waals surface area (Å²) in [4.78, 5) is 36.5. The number of ketones is 1. The van der Waals surface area contributed by atoms with Gasteiger partial charge >= 0.3 is 0 Å². The van der Waals surface area contributed by atoms with Crippen LogP contribution in [0.5, 0.6) is 0 Å². The number of nitrogens with one attached hydrogen (secondary N) is 1. The zero-order chi connectivity index (χ0) is 14.6. The Kier molecular flexibility index (Phi) is 5.00. The van der Waals surface area contributed by atoms with Crippen LogP contribution in [0.2, 0.25) is 0 Å². The number of nitrogens with zero attached hydrogens (tertiary/aromatic N) is 1. The van der Waals surface area contributed by atoms with Crippen LogP contribution in [0.4, 0.5) is 0 Å². The Balaban J connectivity index is 2.71. The van der Waals surface area contributed by atoms with Crippen molar-refractivity contribution in [2.75, 3.05) is 13.6 Å². The summed E-state index contributed by atoms with van der Waals surface area (Å²) in [6, 6.07) is -0.408. The lowest BCUT2D eigenvalue weighted by Crippen LogP contribution is -2.46. The molecule has 1 rings (SSSR count). The second-order valence-electron chi connectivity index (χ2n) is 6.07. The number of Topliss-reactive ketones (excluding diaryl/α,β-unsaturated/α-hetero) is 1. The van der Waals surface area contributed by atoms with E-state index in [9.17, 15) is 14.4 Å². The van der Waals surface area contributed by atoms with Crippen molar-refractivity contribution in [3.63, 3.8) is 0 Å². The lowest BCUT2D eigenvalue weighted by atomic mass is 9.88. The molecule has 106 valence electrons. The van der Waals surface area contributed by atoms with Gasteiger partial charge in [0, 0.05) is 31.5 Å². The molecule has 1 N–H and O–H groups in total. The van der Waals surface area contributed by atoms with Crippen LogP contribution in [-0.2, 0) is 14.4 Å². The molecule has 0 fully saturated rings. The van der Waals surface area contributed by atoms with Crippen LogP contribution in [0.1, 0.15) is 33.6 Å². The van der Waals surface area contributed by atoms with Gasteiger partial charge in [-0.05, 0) is 12.5 Å². The van der Waals surface area contributed by atoms with Crippen LogP contribution >= 0.6 is 0 Å². The van der Waals surface area contributed by atoms with Gasteiger partial charge in [0.25, 0.3) is 11.8 Å². The molecule has 0 aliphatic carbocycles. The summed E-state index contributed by atoms with van der Waals surface area (Å²) in [7, 11) is 1.74. The summed E-state index contributed by atoms with van der Waals surface area (Å²) in [6.07, 6.45) is 3.15. The van der Waals surface area contributed by atoms with Crippen molar-refractivity contribution in [1.82, 2.24) is 10.2 Å². The van der Waals surface area contributed by atoms with Gasteiger partial charge in [0.1, 0.15) is 5.78 Å². The van der Waals surface area contributed by atoms with E-state index in [4.69, 9.17) is 0 Å². The summed E-state index contributed by atoms with van der Waals surface area (Å²) in [5.41, 5.74) is -0.0848. The van der Waals surface area contributed by atoms with Gasteiger partial charge in [0.2, 0.25) is 0 Å². The molecule has 0 aromatic heterocycles. The highest BCUT2D eigenvalue weighted by molar-refractivity contribution is 6.13. The Morgan fingerprint density at radius 3 is 2.21 bits per heavy atom. The molecular formula is C14H22N2O3. The molecule has 1 atom stereocenters. The predicted molar refractivity (Wildman–Crippen MR) is 72.4 cm³/mol. The summed E-state index contributed by atoms with van der Waals surface area (Å²) in [6.45, 7) is 6.40. The molecule has 19 heavy (non-hydrogen) atoms. The number of likely N-dealkylation sites (N-methyl/N-ethyl adjacent to an activating group) is 1. The Morgan fingerprint density at radius 1 is 1.26 bits per heavy atom. The monoisotopic (exact) mass is 266 g/mol. The van der Waals surface area contributed by atoms with Crippen LogP contribution in [-0.4, -0.2) is 42.1 Å². The quantitative estimate of drug-likeness (QED) is 0.725. The summed E-state index contributed by atoms with van der Waals surface area (Å²) >= 11 is 0. The van der Waals surface area contributed by atoms with Crippen LogP contribution < -0.4 is 5.32 Å². The normalized spacial score (nSPS) is 17.2. The average molecular weight is 266 g/mol. The minimum absolute atomic E-state index is 0.0697. The molecule has 0 radical (unpaired) electrons. The number of hydrogen-bond acceptors (Lipinski definition) is 4. The minimum Gasteiger partial charge on any atom is -0.318 e. The lowest BCUT2D eigenvalue weighted by molar-refractivity contribution is -0.140. The molecule has 2 amide bonds. The van der Waals surface area contributed by atoms with E-state index in [0.717, 1.165) is 4.90 Å². The molecule has 0 aromatic carbocycles. The molecule has 5 nitrogen and oxygen atoms in total. The number of imide groups is 1. The van der Waals surface area contributed by atoms with Crippen molar-refractivity contribution in [2.24, 2.45) is 5.41 Å². The largest absolute Gasteiger partial charge is 0.318 e. The Morgan fingerprint density at radius 2 is 1.79 bits per heavy atom. The van der Waals surface area contributed by atoms with Gasteiger partial charge in [-0.1, -0.05) is 20.8 Å². The number of rotatable bonds is 6. The van der Waals surface area contributed by atoms with Gasteiger partial charge in [-0.25, -0.2) is 0 Å². The fraction of sp³-hybridized carbons (Fsp3) is 0.643. The maximum atomic E-state index is 12.0. The first-order valence-corrected chi connectivity index (χ1v) is 6.46. The zero-order valence-corrected chi connectivity index (χ0v) is 12.0. The van der Waals surface area contributed by atoms with Crippen LogP contribution in [0.3, 0.4) is 0 Å². The van der Waals surface area contributed by atoms with E-state index in [0.29, 0.717) is 13.0 Å². The molecule has 0 bridgehead atoms. The smallest absolute Gasteiger partial charge is 0.253 e. The van der Waals surface area contributed by atoms with E-state index in [2.05, 4.69) is 5.32 Å². The van der Waals surface area contributed by atoms with Gasteiger partial charge in [-0.3, -0.25) is 19.3 Å². The second kappa shape index (κ2) is 6.10.